The topological polar surface area (TPSA) is 47.6 Å². The summed E-state index contributed by atoms with van der Waals surface area (Å²) in [7, 11) is 0. The third-order valence-corrected chi connectivity index (χ3v) is 5.24. The van der Waals surface area contributed by atoms with Crippen LogP contribution >= 0.6 is 11.8 Å². The maximum Gasteiger partial charge on any atom is 0.264 e. The smallest absolute Gasteiger partial charge is 0.264 e. The SMILES string of the molecule is O=C(NCCSC1CCCC1)[C@H]1COc2ccccc2O1. The van der Waals surface area contributed by atoms with E-state index in [-0.39, 0.29) is 12.5 Å². The lowest BCUT2D eigenvalue weighted by Crippen LogP contribution is -2.44. The first kappa shape index (κ1) is 14.6. The van der Waals surface area contributed by atoms with Crippen molar-refractivity contribution < 1.29 is 14.3 Å². The molecule has 0 unspecified atom stereocenters. The molecule has 1 heterocycles. The van der Waals surface area contributed by atoms with Crippen LogP contribution in [-0.4, -0.2) is 36.2 Å². The van der Waals surface area contributed by atoms with Gasteiger partial charge in [0.1, 0.15) is 6.61 Å². The highest BCUT2D eigenvalue weighted by Gasteiger charge is 2.26. The quantitative estimate of drug-likeness (QED) is 0.850. The molecule has 0 spiro atoms. The van der Waals surface area contributed by atoms with Crippen LogP contribution in [0.15, 0.2) is 24.3 Å². The molecule has 1 fully saturated rings. The van der Waals surface area contributed by atoms with Gasteiger partial charge < -0.3 is 14.8 Å². The zero-order valence-electron chi connectivity index (χ0n) is 12.0. The van der Waals surface area contributed by atoms with Crippen molar-refractivity contribution in [2.75, 3.05) is 18.9 Å². The van der Waals surface area contributed by atoms with Crippen LogP contribution in [0.4, 0.5) is 0 Å². The molecule has 5 heteroatoms. The first-order chi connectivity index (χ1) is 10.3. The second-order valence-electron chi connectivity index (χ2n) is 5.43. The monoisotopic (exact) mass is 307 g/mol. The summed E-state index contributed by atoms with van der Waals surface area (Å²) in [6.07, 6.45) is 4.83. The maximum absolute atomic E-state index is 12.1. The number of carbonyl (C=O) groups excluding carboxylic acids is 1. The van der Waals surface area contributed by atoms with Crippen LogP contribution in [0.5, 0.6) is 11.5 Å². The number of nitrogens with one attached hydrogen (secondary N) is 1. The molecular weight excluding hydrogens is 286 g/mol. The van der Waals surface area contributed by atoms with E-state index in [1.807, 2.05) is 36.0 Å². The molecule has 1 aromatic rings. The van der Waals surface area contributed by atoms with Crippen LogP contribution in [-0.2, 0) is 4.79 Å². The van der Waals surface area contributed by atoms with Gasteiger partial charge in [-0.2, -0.15) is 11.8 Å². The van der Waals surface area contributed by atoms with Crippen molar-refractivity contribution in [1.29, 1.82) is 0 Å². The minimum Gasteiger partial charge on any atom is -0.485 e. The maximum atomic E-state index is 12.1. The standard InChI is InChI=1S/C16H21NO3S/c18-16(17-9-10-21-12-5-1-2-6-12)15-11-19-13-7-3-4-8-14(13)20-15/h3-4,7-8,12,15H,1-2,5-6,9-11H2,(H,17,18)/t15-/m1/s1. The van der Waals surface area contributed by atoms with Crippen molar-refractivity contribution in [3.63, 3.8) is 0 Å². The highest BCUT2D eigenvalue weighted by atomic mass is 32.2. The normalized spacial score (nSPS) is 21.2. The molecule has 0 bridgehead atoms. The Bertz CT molecular complexity index is 488. The summed E-state index contributed by atoms with van der Waals surface area (Å²) in [6.45, 7) is 0.972. The molecule has 1 aliphatic carbocycles. The lowest BCUT2D eigenvalue weighted by molar-refractivity contribution is -0.130. The summed E-state index contributed by atoms with van der Waals surface area (Å²) in [5, 5.41) is 3.74. The Kier molecular flexibility index (Phi) is 4.91. The van der Waals surface area contributed by atoms with Gasteiger partial charge in [0.25, 0.3) is 5.91 Å². The van der Waals surface area contributed by atoms with Crippen LogP contribution < -0.4 is 14.8 Å². The third kappa shape index (κ3) is 3.84. The lowest BCUT2D eigenvalue weighted by atomic mass is 10.2. The van der Waals surface area contributed by atoms with Gasteiger partial charge in [0.2, 0.25) is 6.10 Å². The Labute approximate surface area is 129 Å². The molecule has 1 N–H and O–H groups in total. The average molecular weight is 307 g/mol. The van der Waals surface area contributed by atoms with Gasteiger partial charge in [0.15, 0.2) is 11.5 Å². The Morgan fingerprint density at radius 3 is 2.81 bits per heavy atom. The van der Waals surface area contributed by atoms with Gasteiger partial charge in [0.05, 0.1) is 0 Å². The summed E-state index contributed by atoms with van der Waals surface area (Å²) in [5.41, 5.74) is 0. The van der Waals surface area contributed by atoms with Crippen molar-refractivity contribution in [3.8, 4) is 11.5 Å². The summed E-state index contributed by atoms with van der Waals surface area (Å²) in [4.78, 5) is 12.1. The van der Waals surface area contributed by atoms with E-state index in [0.29, 0.717) is 18.0 Å². The Hall–Kier alpha value is -1.36. The number of benzene rings is 1. The van der Waals surface area contributed by atoms with Crippen molar-refractivity contribution >= 4 is 17.7 Å². The lowest BCUT2D eigenvalue weighted by Gasteiger charge is -2.25. The van der Waals surface area contributed by atoms with E-state index >= 15 is 0 Å². The number of carbonyl (C=O) groups is 1. The largest absolute Gasteiger partial charge is 0.485 e. The Balaban J connectivity index is 1.40. The fourth-order valence-corrected chi connectivity index (χ4v) is 3.94. The van der Waals surface area contributed by atoms with Gasteiger partial charge in [0, 0.05) is 17.5 Å². The van der Waals surface area contributed by atoms with Crippen molar-refractivity contribution in [2.45, 2.75) is 37.0 Å². The highest BCUT2D eigenvalue weighted by molar-refractivity contribution is 7.99. The van der Waals surface area contributed by atoms with E-state index in [1.165, 1.54) is 25.7 Å². The molecule has 2 aliphatic rings. The number of hydrogen-bond acceptors (Lipinski definition) is 4. The number of para-hydroxylation sites is 2. The predicted molar refractivity (Wildman–Crippen MR) is 84.1 cm³/mol. The highest BCUT2D eigenvalue weighted by Crippen LogP contribution is 2.31. The van der Waals surface area contributed by atoms with Crippen LogP contribution in [0, 0.1) is 0 Å². The van der Waals surface area contributed by atoms with Crippen LogP contribution in [0.2, 0.25) is 0 Å². The summed E-state index contributed by atoms with van der Waals surface area (Å²) < 4.78 is 11.2. The van der Waals surface area contributed by atoms with E-state index in [1.54, 1.807) is 0 Å². The zero-order chi connectivity index (χ0) is 14.5. The predicted octanol–water partition coefficient (Wildman–Crippen LogP) is 2.62. The van der Waals surface area contributed by atoms with Crippen molar-refractivity contribution in [2.24, 2.45) is 0 Å². The second-order valence-corrected chi connectivity index (χ2v) is 6.84. The van der Waals surface area contributed by atoms with E-state index in [0.717, 1.165) is 11.0 Å². The number of fused-ring (bicyclic) bond motifs is 1. The first-order valence-electron chi connectivity index (χ1n) is 7.61. The number of amides is 1. The van der Waals surface area contributed by atoms with Gasteiger partial charge in [-0.1, -0.05) is 25.0 Å². The molecule has 1 aliphatic heterocycles. The summed E-state index contributed by atoms with van der Waals surface area (Å²) >= 11 is 1.97. The molecule has 1 saturated carbocycles. The molecule has 0 radical (unpaired) electrons. The fourth-order valence-electron chi connectivity index (χ4n) is 2.72. The number of hydrogen-bond donors (Lipinski definition) is 1. The molecule has 0 saturated heterocycles. The molecule has 1 atom stereocenters. The minimum absolute atomic E-state index is 0.0866. The molecular formula is C16H21NO3S. The van der Waals surface area contributed by atoms with Gasteiger partial charge in [-0.05, 0) is 25.0 Å². The van der Waals surface area contributed by atoms with Crippen LogP contribution in [0.1, 0.15) is 25.7 Å². The molecule has 21 heavy (non-hydrogen) atoms. The zero-order valence-corrected chi connectivity index (χ0v) is 12.9. The van der Waals surface area contributed by atoms with Crippen LogP contribution in [0.25, 0.3) is 0 Å². The Morgan fingerprint density at radius 2 is 2.00 bits per heavy atom. The van der Waals surface area contributed by atoms with Gasteiger partial charge in [-0.25, -0.2) is 0 Å². The molecule has 1 aromatic carbocycles. The fraction of sp³-hybridized carbons (Fsp3) is 0.562. The summed E-state index contributed by atoms with van der Waals surface area (Å²) in [6, 6.07) is 7.44. The van der Waals surface area contributed by atoms with Gasteiger partial charge in [-0.3, -0.25) is 4.79 Å². The molecule has 0 aromatic heterocycles. The van der Waals surface area contributed by atoms with Gasteiger partial charge >= 0.3 is 0 Å². The Morgan fingerprint density at radius 1 is 1.24 bits per heavy atom. The van der Waals surface area contributed by atoms with E-state index < -0.39 is 6.10 Å². The van der Waals surface area contributed by atoms with E-state index in [4.69, 9.17) is 9.47 Å². The van der Waals surface area contributed by atoms with E-state index in [2.05, 4.69) is 5.32 Å². The van der Waals surface area contributed by atoms with Crippen molar-refractivity contribution in [1.82, 2.24) is 5.32 Å². The molecule has 1 amide bonds. The van der Waals surface area contributed by atoms with Crippen molar-refractivity contribution in [3.05, 3.63) is 24.3 Å². The van der Waals surface area contributed by atoms with Gasteiger partial charge in [-0.15, -0.1) is 0 Å². The first-order valence-corrected chi connectivity index (χ1v) is 8.65. The number of rotatable bonds is 5. The number of ether oxygens (including phenoxy) is 2. The molecule has 114 valence electrons. The molecule has 4 nitrogen and oxygen atoms in total. The average Bonchev–Trinajstić information content (AvgIpc) is 3.04. The molecule has 3 rings (SSSR count). The van der Waals surface area contributed by atoms with E-state index in [9.17, 15) is 4.79 Å². The summed E-state index contributed by atoms with van der Waals surface area (Å²) in [5.74, 6) is 2.24. The number of thioether (sulfide) groups is 1. The van der Waals surface area contributed by atoms with Crippen LogP contribution in [0.3, 0.4) is 0 Å². The second kappa shape index (κ2) is 7.07. The minimum atomic E-state index is -0.545. The third-order valence-electron chi connectivity index (χ3n) is 3.86.